The number of carbonyl (C=O) groups is 2. The number of rotatable bonds is 7. The Kier molecular flexibility index (Phi) is 9.66. The van der Waals surface area contributed by atoms with E-state index in [2.05, 4.69) is 10.3 Å². The van der Waals surface area contributed by atoms with Crippen molar-refractivity contribution in [2.24, 2.45) is 10.3 Å². The fraction of sp³-hybridized carbons (Fsp3) is 0.154. The van der Waals surface area contributed by atoms with Crippen LogP contribution >= 0.6 is 23.2 Å². The molecule has 0 bridgehead atoms. The summed E-state index contributed by atoms with van der Waals surface area (Å²) in [5, 5.41) is 6.93. The number of hydrogen-bond donors (Lipinski definition) is 0. The Morgan fingerprint density at radius 2 is 1.46 bits per heavy atom. The molecule has 0 N–H and O–H groups in total. The largest absolute Gasteiger partial charge is 0.493 e. The van der Waals surface area contributed by atoms with Crippen molar-refractivity contribution < 1.29 is 45.4 Å². The second kappa shape index (κ2) is 12.6. The van der Waals surface area contributed by atoms with Gasteiger partial charge in [-0.1, -0.05) is 34.5 Å². The second-order valence-electron chi connectivity index (χ2n) is 8.00. The third-order valence-electron chi connectivity index (χ3n) is 5.09. The lowest BCUT2D eigenvalue weighted by Crippen LogP contribution is -2.23. The van der Waals surface area contributed by atoms with Gasteiger partial charge in [-0.05, 0) is 60.2 Å². The van der Waals surface area contributed by atoms with E-state index in [1.807, 2.05) is 0 Å². The van der Waals surface area contributed by atoms with Gasteiger partial charge in [-0.2, -0.15) is 31.4 Å². The Labute approximate surface area is 238 Å². The minimum atomic E-state index is -4.83. The maximum absolute atomic E-state index is 13.4. The highest BCUT2D eigenvalue weighted by molar-refractivity contribution is 6.34. The third kappa shape index (κ3) is 8.21. The van der Waals surface area contributed by atoms with Crippen molar-refractivity contribution in [2.45, 2.75) is 19.3 Å². The van der Waals surface area contributed by atoms with Crippen LogP contribution in [-0.4, -0.2) is 19.0 Å². The number of hydrogen-bond acceptors (Lipinski definition) is 6. The first-order valence-corrected chi connectivity index (χ1v) is 11.9. The molecule has 0 saturated heterocycles. The highest BCUT2D eigenvalue weighted by atomic mass is 35.5. The lowest BCUT2D eigenvalue weighted by Gasteiger charge is -2.18. The fourth-order valence-electron chi connectivity index (χ4n) is 3.19. The topological polar surface area (TPSA) is 80.6 Å². The van der Waals surface area contributed by atoms with E-state index >= 15 is 0 Å². The van der Waals surface area contributed by atoms with E-state index in [1.54, 1.807) is 0 Å². The summed E-state index contributed by atoms with van der Waals surface area (Å²) in [6.45, 7) is 1.18. The lowest BCUT2D eigenvalue weighted by molar-refractivity contribution is -0.138. The molecule has 3 aromatic rings. The van der Waals surface area contributed by atoms with E-state index in [0.717, 1.165) is 18.2 Å². The SMILES string of the molecule is COc1cc(/C=C/C(=O)N(N=Nc2cc(C(F)(F)F)ccc2Cl)c2cc(C(F)(F)F)ccc2Cl)ccc1OC(C)=O. The minimum absolute atomic E-state index is 0.0904. The van der Waals surface area contributed by atoms with Gasteiger partial charge in [-0.15, -0.1) is 5.11 Å². The molecule has 0 spiro atoms. The first-order valence-electron chi connectivity index (χ1n) is 11.1. The summed E-state index contributed by atoms with van der Waals surface area (Å²) in [5.41, 5.74) is -3.06. The number of benzene rings is 3. The van der Waals surface area contributed by atoms with Gasteiger partial charge in [0.1, 0.15) is 5.69 Å². The molecule has 0 atom stereocenters. The summed E-state index contributed by atoms with van der Waals surface area (Å²) < 4.78 is 89.8. The van der Waals surface area contributed by atoms with E-state index in [-0.39, 0.29) is 21.5 Å². The molecule has 0 aromatic heterocycles. The Morgan fingerprint density at radius 3 is 2.05 bits per heavy atom. The summed E-state index contributed by atoms with van der Waals surface area (Å²) >= 11 is 12.0. The number of carbonyl (C=O) groups excluding carboxylic acids is 2. The van der Waals surface area contributed by atoms with Crippen LogP contribution in [0.4, 0.5) is 37.7 Å². The average Bonchev–Trinajstić information content (AvgIpc) is 2.88. The standard InChI is InChI=1S/C26H17Cl2F6N3O4/c1-14(38)41-22-9-3-15(11-23(22)40-2)4-10-24(39)37(21-13-17(26(32,33)34)6-8-19(21)28)36-35-20-12-16(25(29,30)31)5-7-18(20)27/h3-13H,1-2H3/b10-4+,36-35?. The minimum Gasteiger partial charge on any atom is -0.493 e. The predicted molar refractivity (Wildman–Crippen MR) is 138 cm³/mol. The van der Waals surface area contributed by atoms with Crippen LogP contribution in [0.2, 0.25) is 10.0 Å². The normalized spacial score (nSPS) is 12.1. The van der Waals surface area contributed by atoms with Crippen LogP contribution in [0, 0.1) is 0 Å². The van der Waals surface area contributed by atoms with E-state index in [1.165, 1.54) is 38.3 Å². The van der Waals surface area contributed by atoms with Gasteiger partial charge in [0, 0.05) is 13.0 Å². The molecule has 41 heavy (non-hydrogen) atoms. The zero-order chi connectivity index (χ0) is 30.5. The lowest BCUT2D eigenvalue weighted by atomic mass is 10.1. The summed E-state index contributed by atoms with van der Waals surface area (Å²) in [4.78, 5) is 24.4. The van der Waals surface area contributed by atoms with Crippen molar-refractivity contribution in [1.29, 1.82) is 0 Å². The zero-order valence-electron chi connectivity index (χ0n) is 20.8. The smallest absolute Gasteiger partial charge is 0.416 e. The van der Waals surface area contributed by atoms with Gasteiger partial charge in [-0.3, -0.25) is 9.59 Å². The molecular weight excluding hydrogens is 603 g/mol. The molecular formula is C26H17Cl2F6N3O4. The maximum atomic E-state index is 13.4. The van der Waals surface area contributed by atoms with Crippen LogP contribution in [0.25, 0.3) is 6.08 Å². The van der Waals surface area contributed by atoms with Gasteiger partial charge in [0.2, 0.25) is 0 Å². The summed E-state index contributed by atoms with van der Waals surface area (Å²) in [6, 6.07) is 8.42. The van der Waals surface area contributed by atoms with Crippen molar-refractivity contribution in [3.05, 3.63) is 87.4 Å². The molecule has 0 aliphatic heterocycles. The number of esters is 1. The summed E-state index contributed by atoms with van der Waals surface area (Å²) in [7, 11) is 1.30. The number of amides is 1. The molecule has 0 unspecified atom stereocenters. The average molecular weight is 620 g/mol. The van der Waals surface area contributed by atoms with Gasteiger partial charge >= 0.3 is 18.3 Å². The fourth-order valence-corrected chi connectivity index (χ4v) is 3.54. The van der Waals surface area contributed by atoms with Crippen LogP contribution in [0.1, 0.15) is 23.6 Å². The highest BCUT2D eigenvalue weighted by Gasteiger charge is 2.33. The van der Waals surface area contributed by atoms with Gasteiger partial charge in [-0.25, -0.2) is 0 Å². The van der Waals surface area contributed by atoms with Crippen LogP contribution < -0.4 is 14.5 Å². The predicted octanol–water partition coefficient (Wildman–Crippen LogP) is 8.71. The quantitative estimate of drug-likeness (QED) is 0.0661. The zero-order valence-corrected chi connectivity index (χ0v) is 22.4. The Balaban J connectivity index is 2.06. The molecule has 15 heteroatoms. The maximum Gasteiger partial charge on any atom is 0.416 e. The van der Waals surface area contributed by atoms with E-state index in [9.17, 15) is 35.9 Å². The van der Waals surface area contributed by atoms with Crippen molar-refractivity contribution >= 4 is 52.5 Å². The van der Waals surface area contributed by atoms with Crippen molar-refractivity contribution in [3.8, 4) is 11.5 Å². The van der Waals surface area contributed by atoms with Crippen molar-refractivity contribution in [1.82, 2.24) is 0 Å². The number of nitrogens with zero attached hydrogens (tertiary/aromatic N) is 3. The Morgan fingerprint density at radius 1 is 0.854 bits per heavy atom. The molecule has 0 heterocycles. The number of alkyl halides is 6. The van der Waals surface area contributed by atoms with Gasteiger partial charge in [0.15, 0.2) is 11.5 Å². The third-order valence-corrected chi connectivity index (χ3v) is 5.72. The molecule has 3 rings (SSSR count). The summed E-state index contributed by atoms with van der Waals surface area (Å²) in [6.07, 6.45) is -7.47. The molecule has 0 aliphatic carbocycles. The Hall–Kier alpha value is -4.10. The van der Waals surface area contributed by atoms with Crippen LogP contribution in [0.15, 0.2) is 71.0 Å². The molecule has 0 radical (unpaired) electrons. The highest BCUT2D eigenvalue weighted by Crippen LogP contribution is 2.38. The second-order valence-corrected chi connectivity index (χ2v) is 8.82. The van der Waals surface area contributed by atoms with E-state index in [4.69, 9.17) is 32.7 Å². The first kappa shape index (κ1) is 31.4. The van der Waals surface area contributed by atoms with Crippen LogP contribution in [-0.2, 0) is 21.9 Å². The molecule has 0 fully saturated rings. The van der Waals surface area contributed by atoms with Crippen LogP contribution in [0.3, 0.4) is 0 Å². The molecule has 1 amide bonds. The molecule has 3 aromatic carbocycles. The van der Waals surface area contributed by atoms with Gasteiger partial charge in [0.25, 0.3) is 5.91 Å². The number of anilines is 1. The van der Waals surface area contributed by atoms with E-state index < -0.39 is 46.7 Å². The number of methoxy groups -OCH3 is 1. The van der Waals surface area contributed by atoms with Gasteiger partial charge < -0.3 is 9.47 Å². The van der Waals surface area contributed by atoms with E-state index in [0.29, 0.717) is 34.8 Å². The van der Waals surface area contributed by atoms with Crippen LogP contribution in [0.5, 0.6) is 11.5 Å². The first-order chi connectivity index (χ1) is 19.1. The molecule has 0 saturated carbocycles. The van der Waals surface area contributed by atoms with Crippen molar-refractivity contribution in [3.63, 3.8) is 0 Å². The number of halogens is 8. The van der Waals surface area contributed by atoms with Gasteiger partial charge in [0.05, 0.1) is 34.0 Å². The molecule has 7 nitrogen and oxygen atoms in total. The van der Waals surface area contributed by atoms with Crippen molar-refractivity contribution in [2.75, 3.05) is 12.1 Å². The summed E-state index contributed by atoms with van der Waals surface area (Å²) in [5.74, 6) is -1.47. The number of ether oxygens (including phenoxy) is 2. The molecule has 216 valence electrons. The monoisotopic (exact) mass is 619 g/mol. The molecule has 0 aliphatic rings. The Bertz CT molecular complexity index is 1520.